The number of nitro benzene ring substituents is 1. The molecule has 1 aliphatic rings. The van der Waals surface area contributed by atoms with Gasteiger partial charge in [-0.1, -0.05) is 18.6 Å². The van der Waals surface area contributed by atoms with Crippen molar-refractivity contribution in [1.82, 2.24) is 0 Å². The van der Waals surface area contributed by atoms with Crippen LogP contribution in [-0.2, 0) is 9.53 Å². The van der Waals surface area contributed by atoms with E-state index in [-0.39, 0.29) is 11.8 Å². The number of esters is 1. The molecular weight excluding hydrogens is 258 g/mol. The first kappa shape index (κ1) is 14.2. The number of hydrogen-bond donors (Lipinski definition) is 0. The third-order valence-electron chi connectivity index (χ3n) is 3.37. The predicted octanol–water partition coefficient (Wildman–Crippen LogP) is 3.48. The molecule has 0 amide bonds. The van der Waals surface area contributed by atoms with Crippen molar-refractivity contribution >= 4 is 17.7 Å². The van der Waals surface area contributed by atoms with E-state index in [1.54, 1.807) is 18.2 Å². The van der Waals surface area contributed by atoms with Crippen molar-refractivity contribution in [3.63, 3.8) is 0 Å². The van der Waals surface area contributed by atoms with Gasteiger partial charge >= 0.3 is 5.97 Å². The Morgan fingerprint density at radius 3 is 2.65 bits per heavy atom. The molecule has 5 heteroatoms. The number of benzene rings is 1. The van der Waals surface area contributed by atoms with E-state index in [0.29, 0.717) is 5.56 Å². The maximum atomic E-state index is 11.7. The SMILES string of the molecule is O=C(/C=C/c1ccccc1[N+](=O)[O-])OC1CCCCC1. The molecule has 0 radical (unpaired) electrons. The van der Waals surface area contributed by atoms with Gasteiger partial charge < -0.3 is 4.74 Å². The number of carbonyl (C=O) groups is 1. The highest BCUT2D eigenvalue weighted by atomic mass is 16.6. The van der Waals surface area contributed by atoms with Crippen LogP contribution in [0.4, 0.5) is 5.69 Å². The maximum Gasteiger partial charge on any atom is 0.331 e. The summed E-state index contributed by atoms with van der Waals surface area (Å²) < 4.78 is 5.32. The Bertz CT molecular complexity index is 518. The molecule has 2 rings (SSSR count). The molecule has 1 aromatic carbocycles. The minimum absolute atomic E-state index is 0.00772. The van der Waals surface area contributed by atoms with Crippen molar-refractivity contribution in [3.05, 3.63) is 46.0 Å². The van der Waals surface area contributed by atoms with Crippen molar-refractivity contribution in [2.24, 2.45) is 0 Å². The molecule has 1 saturated carbocycles. The zero-order chi connectivity index (χ0) is 14.4. The summed E-state index contributed by atoms with van der Waals surface area (Å²) in [5, 5.41) is 10.8. The van der Waals surface area contributed by atoms with Crippen molar-refractivity contribution in [2.75, 3.05) is 0 Å². The quantitative estimate of drug-likeness (QED) is 0.365. The molecule has 0 aromatic heterocycles. The van der Waals surface area contributed by atoms with E-state index in [4.69, 9.17) is 4.74 Å². The Morgan fingerprint density at radius 2 is 1.95 bits per heavy atom. The summed E-state index contributed by atoms with van der Waals surface area (Å²) in [6.45, 7) is 0. The van der Waals surface area contributed by atoms with Gasteiger partial charge in [-0.05, 0) is 37.8 Å². The lowest BCUT2D eigenvalue weighted by Crippen LogP contribution is -2.19. The first-order chi connectivity index (χ1) is 9.66. The summed E-state index contributed by atoms with van der Waals surface area (Å²) in [6, 6.07) is 6.30. The Morgan fingerprint density at radius 1 is 1.25 bits per heavy atom. The lowest BCUT2D eigenvalue weighted by atomic mass is 9.98. The average molecular weight is 275 g/mol. The van der Waals surface area contributed by atoms with Crippen LogP contribution in [0.15, 0.2) is 30.3 Å². The largest absolute Gasteiger partial charge is 0.459 e. The van der Waals surface area contributed by atoms with Crippen molar-refractivity contribution < 1.29 is 14.5 Å². The van der Waals surface area contributed by atoms with Crippen LogP contribution in [0, 0.1) is 10.1 Å². The molecule has 0 heterocycles. The van der Waals surface area contributed by atoms with Crippen LogP contribution >= 0.6 is 0 Å². The summed E-state index contributed by atoms with van der Waals surface area (Å²) in [5.41, 5.74) is 0.382. The minimum atomic E-state index is -0.466. The molecule has 0 spiro atoms. The summed E-state index contributed by atoms with van der Waals surface area (Å²) >= 11 is 0. The third kappa shape index (κ3) is 3.91. The van der Waals surface area contributed by atoms with Crippen LogP contribution in [0.3, 0.4) is 0 Å². The van der Waals surface area contributed by atoms with E-state index in [1.165, 1.54) is 24.6 Å². The molecule has 1 aliphatic carbocycles. The molecule has 0 bridgehead atoms. The molecule has 0 atom stereocenters. The highest BCUT2D eigenvalue weighted by Gasteiger charge is 2.16. The molecule has 106 valence electrons. The third-order valence-corrected chi connectivity index (χ3v) is 3.37. The molecule has 1 fully saturated rings. The Labute approximate surface area is 117 Å². The van der Waals surface area contributed by atoms with E-state index in [2.05, 4.69) is 0 Å². The van der Waals surface area contributed by atoms with Gasteiger partial charge in [0, 0.05) is 12.1 Å². The predicted molar refractivity (Wildman–Crippen MR) is 75.1 cm³/mol. The molecule has 5 nitrogen and oxygen atoms in total. The summed E-state index contributed by atoms with van der Waals surface area (Å²) in [4.78, 5) is 22.1. The molecule has 0 N–H and O–H groups in total. The van der Waals surface area contributed by atoms with Crippen LogP contribution in [0.5, 0.6) is 0 Å². The Balaban J connectivity index is 1.98. The molecule has 0 saturated heterocycles. The number of ether oxygens (including phenoxy) is 1. The average Bonchev–Trinajstić information content (AvgIpc) is 2.46. The molecular formula is C15H17NO4. The standard InChI is InChI=1S/C15H17NO4/c17-15(20-13-7-2-1-3-8-13)11-10-12-6-4-5-9-14(12)16(18)19/h4-6,9-11,13H,1-3,7-8H2/b11-10+. The zero-order valence-corrected chi connectivity index (χ0v) is 11.2. The number of nitrogens with zero attached hydrogens (tertiary/aromatic N) is 1. The lowest BCUT2D eigenvalue weighted by molar-refractivity contribution is -0.385. The van der Waals surface area contributed by atoms with E-state index in [0.717, 1.165) is 25.7 Å². The van der Waals surface area contributed by atoms with E-state index >= 15 is 0 Å². The van der Waals surface area contributed by atoms with E-state index in [9.17, 15) is 14.9 Å². The van der Waals surface area contributed by atoms with E-state index < -0.39 is 10.9 Å². The summed E-state index contributed by atoms with van der Waals surface area (Å²) in [5.74, 6) is -0.435. The number of hydrogen-bond acceptors (Lipinski definition) is 4. The monoisotopic (exact) mass is 275 g/mol. The molecule has 0 unspecified atom stereocenters. The van der Waals surface area contributed by atoms with Crippen molar-refractivity contribution in [3.8, 4) is 0 Å². The van der Waals surface area contributed by atoms with Gasteiger partial charge in [0.2, 0.25) is 0 Å². The van der Waals surface area contributed by atoms with Crippen LogP contribution in [0.1, 0.15) is 37.7 Å². The van der Waals surface area contributed by atoms with Crippen molar-refractivity contribution in [1.29, 1.82) is 0 Å². The zero-order valence-electron chi connectivity index (χ0n) is 11.2. The van der Waals surface area contributed by atoms with Gasteiger partial charge in [-0.3, -0.25) is 10.1 Å². The minimum Gasteiger partial charge on any atom is -0.459 e. The van der Waals surface area contributed by atoms with Gasteiger partial charge in [0.05, 0.1) is 10.5 Å². The number of rotatable bonds is 4. The fourth-order valence-electron chi connectivity index (χ4n) is 2.34. The number of nitro groups is 1. The fraction of sp³-hybridized carbons (Fsp3) is 0.400. The normalized spacial score (nSPS) is 16.2. The van der Waals surface area contributed by atoms with Gasteiger partial charge in [0.25, 0.3) is 5.69 Å². The maximum absolute atomic E-state index is 11.7. The van der Waals surface area contributed by atoms with Crippen molar-refractivity contribution in [2.45, 2.75) is 38.2 Å². The first-order valence-electron chi connectivity index (χ1n) is 6.79. The second kappa shape index (κ2) is 6.84. The van der Waals surface area contributed by atoms with E-state index in [1.807, 2.05) is 0 Å². The Hall–Kier alpha value is -2.17. The Kier molecular flexibility index (Phi) is 4.87. The second-order valence-electron chi connectivity index (χ2n) is 4.85. The molecule has 20 heavy (non-hydrogen) atoms. The van der Waals surface area contributed by atoms with Crippen LogP contribution < -0.4 is 0 Å². The van der Waals surface area contributed by atoms with Gasteiger partial charge in [-0.25, -0.2) is 4.79 Å². The second-order valence-corrected chi connectivity index (χ2v) is 4.85. The smallest absolute Gasteiger partial charge is 0.331 e. The molecule has 1 aromatic rings. The van der Waals surface area contributed by atoms with Crippen LogP contribution in [-0.4, -0.2) is 17.0 Å². The number of para-hydroxylation sites is 1. The summed E-state index contributed by atoms with van der Waals surface area (Å²) in [6.07, 6.45) is 7.88. The topological polar surface area (TPSA) is 69.4 Å². The van der Waals surface area contributed by atoms with Gasteiger partial charge in [0.1, 0.15) is 6.10 Å². The van der Waals surface area contributed by atoms with Crippen LogP contribution in [0.2, 0.25) is 0 Å². The highest BCUT2D eigenvalue weighted by molar-refractivity contribution is 5.88. The van der Waals surface area contributed by atoms with Gasteiger partial charge in [0.15, 0.2) is 0 Å². The first-order valence-corrected chi connectivity index (χ1v) is 6.79. The fourth-order valence-corrected chi connectivity index (χ4v) is 2.34. The van der Waals surface area contributed by atoms with Gasteiger partial charge in [-0.15, -0.1) is 0 Å². The lowest BCUT2D eigenvalue weighted by Gasteiger charge is -2.20. The van der Waals surface area contributed by atoms with Gasteiger partial charge in [-0.2, -0.15) is 0 Å². The highest BCUT2D eigenvalue weighted by Crippen LogP contribution is 2.21. The van der Waals surface area contributed by atoms with Crippen LogP contribution in [0.25, 0.3) is 6.08 Å². The molecule has 0 aliphatic heterocycles. The number of carbonyl (C=O) groups excluding carboxylic acids is 1. The summed E-state index contributed by atoms with van der Waals surface area (Å²) in [7, 11) is 0.